The van der Waals surface area contributed by atoms with E-state index in [1.165, 1.54) is 22.3 Å². The van der Waals surface area contributed by atoms with E-state index in [4.69, 9.17) is 19.8 Å². The molecule has 3 N–H and O–H groups in total. The van der Waals surface area contributed by atoms with Crippen molar-refractivity contribution in [2.45, 2.75) is 51.7 Å². The minimum absolute atomic E-state index is 0.0115. The number of pyridine rings is 1. The van der Waals surface area contributed by atoms with Gasteiger partial charge in [0, 0.05) is 18.7 Å². The summed E-state index contributed by atoms with van der Waals surface area (Å²) in [5, 5.41) is 2.88. The maximum absolute atomic E-state index is 12.9. The number of nitrogen functional groups attached to an aromatic ring is 1. The fourth-order valence-corrected chi connectivity index (χ4v) is 4.90. The van der Waals surface area contributed by atoms with Crippen LogP contribution in [0.5, 0.6) is 0 Å². The van der Waals surface area contributed by atoms with E-state index in [1.54, 1.807) is 6.20 Å². The number of ether oxygens (including phenoxy) is 1. The Balaban J connectivity index is 1.31. The quantitative estimate of drug-likeness (QED) is 0.423. The van der Waals surface area contributed by atoms with Gasteiger partial charge in [0.05, 0.1) is 22.6 Å². The highest BCUT2D eigenvalue weighted by atomic mass is 16.7. The molecule has 196 valence electrons. The van der Waals surface area contributed by atoms with E-state index in [0.29, 0.717) is 16.9 Å². The van der Waals surface area contributed by atoms with Crippen LogP contribution in [-0.4, -0.2) is 42.5 Å². The highest BCUT2D eigenvalue weighted by Gasteiger charge is 2.52. The molecule has 1 aliphatic carbocycles. The number of aromatic nitrogens is 1. The molecule has 2 aromatic carbocycles. The number of alkyl carbamates (subject to hydrolysis) is 1. The zero-order chi connectivity index (χ0) is 27.1. The number of benzene rings is 2. The van der Waals surface area contributed by atoms with Gasteiger partial charge >= 0.3 is 13.2 Å². The molecule has 7 nitrogen and oxygen atoms in total. The minimum atomic E-state index is -0.671. The topological polar surface area (TPSA) is 95.7 Å². The first-order valence-electron chi connectivity index (χ1n) is 12.9. The molecule has 0 bridgehead atoms. The number of hydrogen-bond donors (Lipinski definition) is 2. The Morgan fingerprint density at radius 1 is 1.03 bits per heavy atom. The predicted molar refractivity (Wildman–Crippen MR) is 151 cm³/mol. The van der Waals surface area contributed by atoms with Crippen molar-refractivity contribution in [1.29, 1.82) is 0 Å². The van der Waals surface area contributed by atoms with Gasteiger partial charge in [-0.25, -0.2) is 4.79 Å². The van der Waals surface area contributed by atoms with Crippen molar-refractivity contribution in [3.05, 3.63) is 88.7 Å². The summed E-state index contributed by atoms with van der Waals surface area (Å²) in [5.41, 5.74) is 12.7. The fraction of sp³-hybridized carbons (Fsp3) is 0.333. The van der Waals surface area contributed by atoms with E-state index < -0.39 is 24.4 Å². The Kier molecular flexibility index (Phi) is 6.80. The molecule has 8 heteroatoms. The van der Waals surface area contributed by atoms with Gasteiger partial charge in [-0.1, -0.05) is 48.5 Å². The summed E-state index contributed by atoms with van der Waals surface area (Å²) < 4.78 is 18.3. The number of carbonyl (C=O) groups excluding carboxylic acids is 1. The zero-order valence-electron chi connectivity index (χ0n) is 22.6. The number of fused-ring (bicyclic) bond motifs is 3. The van der Waals surface area contributed by atoms with Gasteiger partial charge in [-0.2, -0.15) is 0 Å². The number of nitrogens with two attached hydrogens (primary N) is 1. The number of aryl methyl sites for hydroxylation is 1. The maximum atomic E-state index is 12.9. The van der Waals surface area contributed by atoms with E-state index in [0.717, 1.165) is 5.56 Å². The van der Waals surface area contributed by atoms with Crippen LogP contribution in [0.1, 0.15) is 56.0 Å². The number of amides is 1. The molecule has 5 rings (SSSR count). The largest absolute Gasteiger partial charge is 0.492 e. The van der Waals surface area contributed by atoms with Crippen molar-refractivity contribution in [3.63, 3.8) is 0 Å². The third kappa shape index (κ3) is 4.82. The molecule has 1 aliphatic heterocycles. The van der Waals surface area contributed by atoms with Crippen molar-refractivity contribution in [2.24, 2.45) is 0 Å². The van der Waals surface area contributed by atoms with Crippen LogP contribution in [0.2, 0.25) is 0 Å². The molecule has 38 heavy (non-hydrogen) atoms. The smallest absolute Gasteiger partial charge is 0.449 e. The van der Waals surface area contributed by atoms with Crippen molar-refractivity contribution >= 4 is 25.0 Å². The van der Waals surface area contributed by atoms with Crippen LogP contribution in [0.25, 0.3) is 17.2 Å². The molecule has 1 saturated heterocycles. The first-order valence-corrected chi connectivity index (χ1v) is 12.9. The summed E-state index contributed by atoms with van der Waals surface area (Å²) in [6.07, 6.45) is 3.02. The van der Waals surface area contributed by atoms with E-state index >= 15 is 0 Å². The van der Waals surface area contributed by atoms with Crippen LogP contribution in [0.4, 0.5) is 10.5 Å². The van der Waals surface area contributed by atoms with Crippen LogP contribution in [0, 0.1) is 6.92 Å². The summed E-state index contributed by atoms with van der Waals surface area (Å²) in [6, 6.07) is 18.4. The summed E-state index contributed by atoms with van der Waals surface area (Å²) in [6.45, 7) is 10.3. The van der Waals surface area contributed by atoms with Gasteiger partial charge in [-0.15, -0.1) is 0 Å². The predicted octanol–water partition coefficient (Wildman–Crippen LogP) is 5.53. The Morgan fingerprint density at radius 2 is 1.61 bits per heavy atom. The Morgan fingerprint density at radius 3 is 2.21 bits per heavy atom. The van der Waals surface area contributed by atoms with E-state index in [9.17, 15) is 4.79 Å². The molecule has 2 aliphatic rings. The molecule has 2 heterocycles. The average molecular weight is 511 g/mol. The normalized spacial score (nSPS) is 17.7. The van der Waals surface area contributed by atoms with Gasteiger partial charge in [0.1, 0.15) is 6.61 Å². The lowest BCUT2D eigenvalue weighted by atomic mass is 9.77. The molecular weight excluding hydrogens is 477 g/mol. The van der Waals surface area contributed by atoms with Crippen LogP contribution in [-0.2, 0) is 14.0 Å². The van der Waals surface area contributed by atoms with Gasteiger partial charge in [-0.05, 0) is 80.1 Å². The minimum Gasteiger partial charge on any atom is -0.449 e. The third-order valence-corrected chi connectivity index (χ3v) is 7.90. The van der Waals surface area contributed by atoms with Crippen LogP contribution < -0.4 is 11.1 Å². The van der Waals surface area contributed by atoms with Gasteiger partial charge in [0.2, 0.25) is 0 Å². The van der Waals surface area contributed by atoms with Gasteiger partial charge in [0.15, 0.2) is 0 Å². The number of rotatable bonds is 6. The third-order valence-electron chi connectivity index (χ3n) is 7.90. The van der Waals surface area contributed by atoms with Crippen molar-refractivity contribution in [2.75, 3.05) is 18.9 Å². The molecule has 0 radical (unpaired) electrons. The number of hydrogen-bond acceptors (Lipinski definition) is 6. The summed E-state index contributed by atoms with van der Waals surface area (Å²) in [7, 11) is -0.671. The highest BCUT2D eigenvalue weighted by molar-refractivity contribution is 6.56. The molecule has 0 atom stereocenters. The first-order chi connectivity index (χ1) is 18.1. The lowest BCUT2D eigenvalue weighted by Crippen LogP contribution is -2.41. The second kappa shape index (κ2) is 9.93. The summed E-state index contributed by atoms with van der Waals surface area (Å²) in [4.78, 5) is 17.3. The Bertz CT molecular complexity index is 1340. The van der Waals surface area contributed by atoms with E-state index in [1.807, 2.05) is 71.0 Å². The highest BCUT2D eigenvalue weighted by Crippen LogP contribution is 2.44. The molecule has 0 spiro atoms. The van der Waals surface area contributed by atoms with E-state index in [-0.39, 0.29) is 19.1 Å². The van der Waals surface area contributed by atoms with Crippen LogP contribution >= 0.6 is 0 Å². The number of carbonyl (C=O) groups is 1. The van der Waals surface area contributed by atoms with Gasteiger partial charge in [0.25, 0.3) is 0 Å². The molecule has 3 aromatic rings. The molecule has 0 unspecified atom stereocenters. The van der Waals surface area contributed by atoms with Crippen LogP contribution in [0.3, 0.4) is 0 Å². The monoisotopic (exact) mass is 511 g/mol. The SMILES string of the molecule is Cc1ccnc(C=C(CNC(=O)OCC2c3ccccc3-c3ccccc32)B2OC(C)(C)C(C)(C)O2)c1N. The van der Waals surface area contributed by atoms with Gasteiger partial charge in [-0.3, -0.25) is 4.98 Å². The number of nitrogens with zero attached hydrogens (tertiary/aromatic N) is 1. The molecule has 1 fully saturated rings. The number of nitrogens with one attached hydrogen (secondary N) is 1. The van der Waals surface area contributed by atoms with Crippen molar-refractivity contribution in [1.82, 2.24) is 10.3 Å². The molecule has 1 amide bonds. The Hall–Kier alpha value is -3.62. The standard InChI is InChI=1S/C30H34BN3O4/c1-19-14-15-33-26(27(19)32)16-20(31-37-29(2,3)30(4,5)38-31)17-34-28(35)36-18-25-23-12-8-6-10-21(23)22-11-7-9-13-24(22)25/h6-16,25H,17-18,32H2,1-5H3,(H,34,35). The number of anilines is 1. The fourth-order valence-electron chi connectivity index (χ4n) is 4.90. The van der Waals surface area contributed by atoms with Crippen molar-refractivity contribution in [3.8, 4) is 11.1 Å². The average Bonchev–Trinajstić information content (AvgIpc) is 3.32. The first kappa shape index (κ1) is 26.0. The zero-order valence-corrected chi connectivity index (χ0v) is 22.6. The van der Waals surface area contributed by atoms with E-state index in [2.05, 4.69) is 34.6 Å². The lowest BCUT2D eigenvalue weighted by molar-refractivity contribution is 0.00578. The maximum Gasteiger partial charge on any atom is 0.492 e. The lowest BCUT2D eigenvalue weighted by Gasteiger charge is -2.32. The van der Waals surface area contributed by atoms with Crippen LogP contribution in [0.15, 0.2) is 66.3 Å². The molecule has 1 aromatic heterocycles. The summed E-state index contributed by atoms with van der Waals surface area (Å²) >= 11 is 0. The van der Waals surface area contributed by atoms with Gasteiger partial charge < -0.3 is 25.1 Å². The Labute approximate surface area is 224 Å². The molecule has 0 saturated carbocycles. The second-order valence-corrected chi connectivity index (χ2v) is 10.9. The summed E-state index contributed by atoms with van der Waals surface area (Å²) in [5.74, 6) is -0.0115. The molecular formula is C30H34BN3O4. The second-order valence-electron chi connectivity index (χ2n) is 10.9. The van der Waals surface area contributed by atoms with Crippen molar-refractivity contribution < 1.29 is 18.8 Å².